The van der Waals surface area contributed by atoms with Crippen LogP contribution in [0, 0.1) is 0 Å². The van der Waals surface area contributed by atoms with Crippen LogP contribution in [0.5, 0.6) is 5.75 Å². The molecule has 3 rings (SSSR count). The molecule has 0 fully saturated rings. The maximum Gasteiger partial charge on any atom is 0.283 e. The second-order valence-corrected chi connectivity index (χ2v) is 7.65. The number of nitrogens with one attached hydrogen (secondary N) is 2. The summed E-state index contributed by atoms with van der Waals surface area (Å²) in [6.07, 6.45) is 0. The molecular formula is C22H28N3O3+. The number of ether oxygens (including phenoxy) is 1. The van der Waals surface area contributed by atoms with Crippen molar-refractivity contribution >= 4 is 23.2 Å². The van der Waals surface area contributed by atoms with Crippen molar-refractivity contribution in [2.75, 3.05) is 30.4 Å². The lowest BCUT2D eigenvalue weighted by Crippen LogP contribution is -3.09. The molecule has 0 spiro atoms. The van der Waals surface area contributed by atoms with E-state index in [0.29, 0.717) is 18.8 Å². The zero-order chi connectivity index (χ0) is 20.3. The molecule has 1 aliphatic rings. The van der Waals surface area contributed by atoms with Crippen molar-refractivity contribution < 1.29 is 19.2 Å². The Morgan fingerprint density at radius 1 is 1.14 bits per heavy atom. The molecule has 0 aromatic heterocycles. The van der Waals surface area contributed by atoms with Crippen molar-refractivity contribution in [2.45, 2.75) is 32.9 Å². The van der Waals surface area contributed by atoms with Gasteiger partial charge in [0.05, 0.1) is 25.0 Å². The molecule has 2 N–H and O–H groups in total. The lowest BCUT2D eigenvalue weighted by molar-refractivity contribution is -0.885. The van der Waals surface area contributed by atoms with Crippen LogP contribution in [0.4, 0.5) is 11.4 Å². The molecular weight excluding hydrogens is 354 g/mol. The molecule has 148 valence electrons. The molecule has 1 aliphatic heterocycles. The van der Waals surface area contributed by atoms with Crippen LogP contribution in [-0.4, -0.2) is 37.6 Å². The Morgan fingerprint density at radius 2 is 1.82 bits per heavy atom. The van der Waals surface area contributed by atoms with Gasteiger partial charge < -0.3 is 15.0 Å². The van der Waals surface area contributed by atoms with Gasteiger partial charge in [0.1, 0.15) is 17.8 Å². The van der Waals surface area contributed by atoms with Gasteiger partial charge in [0.15, 0.2) is 6.54 Å². The zero-order valence-corrected chi connectivity index (χ0v) is 16.9. The number of hydrogen-bond donors (Lipinski definition) is 2. The van der Waals surface area contributed by atoms with Crippen molar-refractivity contribution in [3.63, 3.8) is 0 Å². The summed E-state index contributed by atoms with van der Waals surface area (Å²) in [6.45, 7) is 7.14. The highest BCUT2D eigenvalue weighted by Crippen LogP contribution is 2.36. The number of amides is 2. The van der Waals surface area contributed by atoms with Gasteiger partial charge in [-0.25, -0.2) is 0 Å². The fourth-order valence-corrected chi connectivity index (χ4v) is 3.52. The molecule has 1 atom stereocenters. The SMILES string of the molecule is CCOc1ccc(C[NH+](C)CC(=O)N2c3ccccc3NC(=O)C2(C)C)cc1. The predicted molar refractivity (Wildman–Crippen MR) is 110 cm³/mol. The van der Waals surface area contributed by atoms with Crippen molar-refractivity contribution in [3.8, 4) is 5.75 Å². The molecule has 6 nitrogen and oxygen atoms in total. The van der Waals surface area contributed by atoms with E-state index in [4.69, 9.17) is 4.74 Å². The molecule has 2 amide bonds. The number of quaternary nitrogens is 1. The molecule has 0 radical (unpaired) electrons. The summed E-state index contributed by atoms with van der Waals surface area (Å²) < 4.78 is 5.47. The molecule has 2 aromatic rings. The average Bonchev–Trinajstić information content (AvgIpc) is 2.64. The fourth-order valence-electron chi connectivity index (χ4n) is 3.52. The molecule has 0 aliphatic carbocycles. The van der Waals surface area contributed by atoms with Crippen LogP contribution in [0.15, 0.2) is 48.5 Å². The lowest BCUT2D eigenvalue weighted by atomic mass is 9.96. The summed E-state index contributed by atoms with van der Waals surface area (Å²) in [5, 5.41) is 2.89. The van der Waals surface area contributed by atoms with Crippen LogP contribution in [0.2, 0.25) is 0 Å². The molecule has 6 heteroatoms. The Bertz CT molecular complexity index is 862. The van der Waals surface area contributed by atoms with Gasteiger partial charge in [0, 0.05) is 5.56 Å². The van der Waals surface area contributed by atoms with E-state index in [1.807, 2.05) is 62.5 Å². The van der Waals surface area contributed by atoms with Crippen LogP contribution >= 0.6 is 0 Å². The Hall–Kier alpha value is -2.86. The average molecular weight is 382 g/mol. The number of likely N-dealkylation sites (N-methyl/N-ethyl adjacent to an activating group) is 1. The first-order valence-corrected chi connectivity index (χ1v) is 9.59. The van der Waals surface area contributed by atoms with Crippen LogP contribution in [0.25, 0.3) is 0 Å². The van der Waals surface area contributed by atoms with Crippen LogP contribution in [-0.2, 0) is 16.1 Å². The lowest BCUT2D eigenvalue weighted by Gasteiger charge is -2.42. The maximum atomic E-state index is 13.2. The van der Waals surface area contributed by atoms with Gasteiger partial charge in [-0.1, -0.05) is 12.1 Å². The third-order valence-corrected chi connectivity index (χ3v) is 4.95. The number of rotatable bonds is 6. The Labute approximate surface area is 166 Å². The number of fused-ring (bicyclic) bond motifs is 1. The maximum absolute atomic E-state index is 13.2. The summed E-state index contributed by atoms with van der Waals surface area (Å²) >= 11 is 0. The van der Waals surface area contributed by atoms with Crippen LogP contribution in [0.3, 0.4) is 0 Å². The number of hydrogen-bond acceptors (Lipinski definition) is 3. The second-order valence-electron chi connectivity index (χ2n) is 7.65. The number of para-hydroxylation sites is 2. The molecule has 1 heterocycles. The van der Waals surface area contributed by atoms with Gasteiger partial charge >= 0.3 is 0 Å². The topological polar surface area (TPSA) is 63.1 Å². The summed E-state index contributed by atoms with van der Waals surface area (Å²) in [6, 6.07) is 15.4. The van der Waals surface area contributed by atoms with E-state index >= 15 is 0 Å². The van der Waals surface area contributed by atoms with Gasteiger partial charge in [-0.05, 0) is 57.2 Å². The van der Waals surface area contributed by atoms with Gasteiger partial charge in [-0.2, -0.15) is 0 Å². The summed E-state index contributed by atoms with van der Waals surface area (Å²) in [5.74, 6) is 0.595. The Morgan fingerprint density at radius 3 is 2.50 bits per heavy atom. The van der Waals surface area contributed by atoms with E-state index in [1.54, 1.807) is 18.7 Å². The fraction of sp³-hybridized carbons (Fsp3) is 0.364. The van der Waals surface area contributed by atoms with E-state index < -0.39 is 5.54 Å². The molecule has 0 saturated carbocycles. The first-order valence-electron chi connectivity index (χ1n) is 9.59. The minimum atomic E-state index is -0.940. The highest BCUT2D eigenvalue weighted by molar-refractivity contribution is 6.14. The highest BCUT2D eigenvalue weighted by Gasteiger charge is 2.44. The first-order chi connectivity index (χ1) is 13.3. The number of carbonyl (C=O) groups is 2. The monoisotopic (exact) mass is 382 g/mol. The number of benzene rings is 2. The van der Waals surface area contributed by atoms with Gasteiger partial charge in [-0.15, -0.1) is 0 Å². The smallest absolute Gasteiger partial charge is 0.283 e. The van der Waals surface area contributed by atoms with Crippen LogP contribution < -0.4 is 19.9 Å². The van der Waals surface area contributed by atoms with E-state index in [1.165, 1.54) is 0 Å². The zero-order valence-electron chi connectivity index (χ0n) is 16.9. The summed E-state index contributed by atoms with van der Waals surface area (Å²) in [7, 11) is 1.98. The van der Waals surface area contributed by atoms with Crippen molar-refractivity contribution in [3.05, 3.63) is 54.1 Å². The van der Waals surface area contributed by atoms with E-state index in [0.717, 1.165) is 21.9 Å². The molecule has 2 aromatic carbocycles. The van der Waals surface area contributed by atoms with Gasteiger partial charge in [-0.3, -0.25) is 14.5 Å². The second kappa shape index (κ2) is 8.02. The first kappa shape index (κ1) is 19.9. The summed E-state index contributed by atoms with van der Waals surface area (Å²) in [4.78, 5) is 28.4. The van der Waals surface area contributed by atoms with E-state index in [9.17, 15) is 9.59 Å². The molecule has 1 unspecified atom stereocenters. The molecule has 0 bridgehead atoms. The van der Waals surface area contributed by atoms with Crippen molar-refractivity contribution in [1.82, 2.24) is 0 Å². The number of anilines is 2. The summed E-state index contributed by atoms with van der Waals surface area (Å²) in [5.41, 5.74) is 1.60. The largest absolute Gasteiger partial charge is 0.494 e. The highest BCUT2D eigenvalue weighted by atomic mass is 16.5. The normalized spacial score (nSPS) is 16.1. The van der Waals surface area contributed by atoms with Crippen LogP contribution in [0.1, 0.15) is 26.3 Å². The van der Waals surface area contributed by atoms with E-state index in [-0.39, 0.29) is 18.4 Å². The third-order valence-electron chi connectivity index (χ3n) is 4.95. The minimum Gasteiger partial charge on any atom is -0.494 e. The van der Waals surface area contributed by atoms with Gasteiger partial charge in [0.25, 0.3) is 5.91 Å². The predicted octanol–water partition coefficient (Wildman–Crippen LogP) is 1.86. The number of carbonyl (C=O) groups excluding carboxylic acids is 2. The van der Waals surface area contributed by atoms with Crippen molar-refractivity contribution in [2.24, 2.45) is 0 Å². The van der Waals surface area contributed by atoms with Crippen molar-refractivity contribution in [1.29, 1.82) is 0 Å². The van der Waals surface area contributed by atoms with E-state index in [2.05, 4.69) is 5.32 Å². The number of nitrogens with zero attached hydrogens (tertiary/aromatic N) is 1. The Kier molecular flexibility index (Phi) is 5.70. The Balaban J connectivity index is 1.73. The molecule has 28 heavy (non-hydrogen) atoms. The quantitative estimate of drug-likeness (QED) is 0.802. The van der Waals surface area contributed by atoms with Gasteiger partial charge in [0.2, 0.25) is 5.91 Å². The molecule has 0 saturated heterocycles. The minimum absolute atomic E-state index is 0.0734. The standard InChI is InChI=1S/C22H27N3O3/c1-5-28-17-12-10-16(11-13-17)14-24(4)15-20(26)25-19-9-7-6-8-18(19)23-21(27)22(25,2)3/h6-13H,5,14-15H2,1-4H3,(H,23,27)/p+1. The third kappa shape index (κ3) is 4.02.